The molecule has 0 bridgehead atoms. The van der Waals surface area contributed by atoms with E-state index in [4.69, 9.17) is 9.05 Å². The van der Waals surface area contributed by atoms with Crippen molar-refractivity contribution in [2.24, 2.45) is 0 Å². The molecule has 1 atom stereocenters. The van der Waals surface area contributed by atoms with Gasteiger partial charge in [-0.25, -0.2) is 0 Å². The number of unbranched alkanes of at least 4 members (excludes halogenated alkanes) is 2. The molecule has 0 spiro atoms. The third-order valence-electron chi connectivity index (χ3n) is 2.15. The zero-order valence-electron chi connectivity index (χ0n) is 11.7. The minimum atomic E-state index is -3.41. The molecule has 0 aromatic carbocycles. The maximum atomic E-state index is 12.4. The fourth-order valence-electron chi connectivity index (χ4n) is 1.49. The third kappa shape index (κ3) is 7.20. The Bertz CT molecular complexity index is 227. The third-order valence-corrected chi connectivity index (χ3v) is 4.57. The van der Waals surface area contributed by atoms with Gasteiger partial charge in [-0.1, -0.05) is 26.2 Å². The van der Waals surface area contributed by atoms with Gasteiger partial charge >= 0.3 is 7.60 Å². The van der Waals surface area contributed by atoms with Gasteiger partial charge in [-0.2, -0.15) is 0 Å². The van der Waals surface area contributed by atoms with E-state index in [0.717, 1.165) is 19.3 Å². The molecular formula is C12H27O4P. The average molecular weight is 266 g/mol. The molecule has 0 rings (SSSR count). The van der Waals surface area contributed by atoms with E-state index in [1.54, 1.807) is 27.7 Å². The Labute approximate surface area is 105 Å². The van der Waals surface area contributed by atoms with Gasteiger partial charge in [0.25, 0.3) is 0 Å². The number of rotatable bonds is 9. The Morgan fingerprint density at radius 1 is 1.06 bits per heavy atom. The van der Waals surface area contributed by atoms with Gasteiger partial charge in [-0.3, -0.25) is 4.57 Å². The fraction of sp³-hybridized carbons (Fsp3) is 1.00. The summed E-state index contributed by atoms with van der Waals surface area (Å²) in [6.07, 6.45) is 2.93. The highest BCUT2D eigenvalue weighted by atomic mass is 31.2. The average Bonchev–Trinajstić information content (AvgIpc) is 2.15. The van der Waals surface area contributed by atoms with Gasteiger partial charge in [0.1, 0.15) is 0 Å². The first kappa shape index (κ1) is 17.1. The molecular weight excluding hydrogens is 239 g/mol. The second-order valence-corrected chi connectivity index (χ2v) is 6.92. The molecule has 0 aromatic rings. The van der Waals surface area contributed by atoms with E-state index >= 15 is 0 Å². The number of hydrogen-bond acceptors (Lipinski definition) is 4. The van der Waals surface area contributed by atoms with E-state index < -0.39 is 13.4 Å². The molecule has 1 N–H and O–H groups in total. The zero-order chi connectivity index (χ0) is 13.5. The van der Waals surface area contributed by atoms with Gasteiger partial charge in [-0.15, -0.1) is 0 Å². The SMILES string of the molecule is CCCCC[C@H](O)P(=O)(OC(C)C)OC(C)C. The summed E-state index contributed by atoms with van der Waals surface area (Å²) in [5.74, 6) is -1.01. The number of aliphatic hydroxyl groups excluding tert-OH is 1. The van der Waals surface area contributed by atoms with Crippen molar-refractivity contribution in [2.75, 3.05) is 0 Å². The lowest BCUT2D eigenvalue weighted by Gasteiger charge is -2.26. The van der Waals surface area contributed by atoms with Crippen LogP contribution in [0.3, 0.4) is 0 Å². The van der Waals surface area contributed by atoms with Crippen molar-refractivity contribution in [2.45, 2.75) is 78.4 Å². The molecule has 0 fully saturated rings. The standard InChI is InChI=1S/C12H27O4P/c1-6-7-8-9-12(13)17(14,15-10(2)3)16-11(4)5/h10-13H,6-9H2,1-5H3/t12-/m1/s1. The summed E-state index contributed by atoms with van der Waals surface area (Å²) in [4.78, 5) is 0. The van der Waals surface area contributed by atoms with Crippen molar-refractivity contribution < 1.29 is 18.7 Å². The Hall–Kier alpha value is 0.110. The molecule has 0 aliphatic rings. The quantitative estimate of drug-likeness (QED) is 0.507. The topological polar surface area (TPSA) is 55.8 Å². The first-order valence-electron chi connectivity index (χ1n) is 6.46. The minimum Gasteiger partial charge on any atom is -0.380 e. The predicted molar refractivity (Wildman–Crippen MR) is 70.2 cm³/mol. The monoisotopic (exact) mass is 266 g/mol. The van der Waals surface area contributed by atoms with Crippen molar-refractivity contribution in [3.8, 4) is 0 Å². The van der Waals surface area contributed by atoms with E-state index in [0.29, 0.717) is 6.42 Å². The molecule has 0 unspecified atom stereocenters. The van der Waals surface area contributed by atoms with Crippen LogP contribution in [0.15, 0.2) is 0 Å². The molecule has 4 nitrogen and oxygen atoms in total. The highest BCUT2D eigenvalue weighted by Crippen LogP contribution is 2.55. The summed E-state index contributed by atoms with van der Waals surface area (Å²) in [6, 6.07) is 0. The van der Waals surface area contributed by atoms with E-state index in [2.05, 4.69) is 6.92 Å². The van der Waals surface area contributed by atoms with Crippen molar-refractivity contribution in [1.29, 1.82) is 0 Å². The van der Waals surface area contributed by atoms with Gasteiger partial charge in [0, 0.05) is 0 Å². The summed E-state index contributed by atoms with van der Waals surface area (Å²) in [5, 5.41) is 9.98. The molecule has 0 saturated heterocycles. The van der Waals surface area contributed by atoms with Crippen LogP contribution in [-0.2, 0) is 13.6 Å². The molecule has 0 radical (unpaired) electrons. The van der Waals surface area contributed by atoms with Gasteiger partial charge in [0.05, 0.1) is 12.2 Å². The summed E-state index contributed by atoms with van der Waals surface area (Å²) < 4.78 is 23.1. The molecule has 0 aliphatic heterocycles. The first-order chi connectivity index (χ1) is 7.81. The van der Waals surface area contributed by atoms with Crippen LogP contribution in [0.4, 0.5) is 0 Å². The summed E-state index contributed by atoms with van der Waals surface area (Å²) in [5.41, 5.74) is 0. The van der Waals surface area contributed by atoms with Crippen LogP contribution in [0, 0.1) is 0 Å². The lowest BCUT2D eigenvalue weighted by atomic mass is 10.2. The first-order valence-corrected chi connectivity index (χ1v) is 8.07. The number of hydrogen-bond donors (Lipinski definition) is 1. The van der Waals surface area contributed by atoms with E-state index in [1.807, 2.05) is 0 Å². The Morgan fingerprint density at radius 3 is 1.88 bits per heavy atom. The Kier molecular flexibility index (Phi) is 8.31. The maximum absolute atomic E-state index is 12.4. The zero-order valence-corrected chi connectivity index (χ0v) is 12.6. The van der Waals surface area contributed by atoms with Crippen LogP contribution < -0.4 is 0 Å². The van der Waals surface area contributed by atoms with Crippen LogP contribution in [0.5, 0.6) is 0 Å². The second-order valence-electron chi connectivity index (χ2n) is 4.82. The van der Waals surface area contributed by atoms with Crippen LogP contribution in [-0.4, -0.2) is 23.2 Å². The summed E-state index contributed by atoms with van der Waals surface area (Å²) >= 11 is 0. The highest BCUT2D eigenvalue weighted by Gasteiger charge is 2.36. The lowest BCUT2D eigenvalue weighted by molar-refractivity contribution is 0.0973. The largest absolute Gasteiger partial charge is 0.380 e. The predicted octanol–water partition coefficient (Wildman–Crippen LogP) is 3.93. The van der Waals surface area contributed by atoms with Crippen molar-refractivity contribution in [3.05, 3.63) is 0 Å². The maximum Gasteiger partial charge on any atom is 0.359 e. The van der Waals surface area contributed by atoms with Gasteiger partial charge < -0.3 is 14.2 Å². The van der Waals surface area contributed by atoms with Crippen LogP contribution in [0.1, 0.15) is 60.3 Å². The van der Waals surface area contributed by atoms with Crippen molar-refractivity contribution in [3.63, 3.8) is 0 Å². The van der Waals surface area contributed by atoms with Crippen LogP contribution >= 0.6 is 7.60 Å². The minimum absolute atomic E-state index is 0.222. The van der Waals surface area contributed by atoms with E-state index in [-0.39, 0.29) is 12.2 Å². The lowest BCUT2D eigenvalue weighted by Crippen LogP contribution is -2.18. The summed E-state index contributed by atoms with van der Waals surface area (Å²) in [7, 11) is -3.41. The second kappa shape index (κ2) is 8.25. The van der Waals surface area contributed by atoms with Crippen molar-refractivity contribution >= 4 is 7.60 Å². The van der Waals surface area contributed by atoms with Gasteiger partial charge in [0.2, 0.25) is 0 Å². The molecule has 0 aromatic heterocycles. The highest BCUT2D eigenvalue weighted by molar-refractivity contribution is 7.54. The van der Waals surface area contributed by atoms with E-state index in [1.165, 1.54) is 0 Å². The van der Waals surface area contributed by atoms with E-state index in [9.17, 15) is 9.67 Å². The smallest absolute Gasteiger partial charge is 0.359 e. The van der Waals surface area contributed by atoms with Crippen molar-refractivity contribution in [1.82, 2.24) is 0 Å². The number of aliphatic hydroxyl groups is 1. The molecule has 0 aliphatic carbocycles. The molecule has 104 valence electrons. The Balaban J connectivity index is 4.49. The van der Waals surface area contributed by atoms with Crippen LogP contribution in [0.25, 0.3) is 0 Å². The van der Waals surface area contributed by atoms with Gasteiger partial charge in [0.15, 0.2) is 5.85 Å². The molecule has 0 heterocycles. The summed E-state index contributed by atoms with van der Waals surface area (Å²) in [6.45, 7) is 9.23. The molecule has 0 amide bonds. The van der Waals surface area contributed by atoms with Crippen LogP contribution in [0.2, 0.25) is 0 Å². The molecule has 5 heteroatoms. The van der Waals surface area contributed by atoms with Gasteiger partial charge in [-0.05, 0) is 34.1 Å². The normalized spacial score (nSPS) is 14.6. The molecule has 0 saturated carbocycles. The Morgan fingerprint density at radius 2 is 1.53 bits per heavy atom. The molecule has 17 heavy (non-hydrogen) atoms. The fourth-order valence-corrected chi connectivity index (χ4v) is 3.49.